The summed E-state index contributed by atoms with van der Waals surface area (Å²) in [6.07, 6.45) is 1.82. The Hall–Kier alpha value is -1.31. The van der Waals surface area contributed by atoms with E-state index in [1.54, 1.807) is 0 Å². The van der Waals surface area contributed by atoms with Crippen molar-refractivity contribution in [3.8, 4) is 0 Å². The highest BCUT2D eigenvalue weighted by atomic mass is 16.1. The number of nitrogens with one attached hydrogen (secondary N) is 1. The minimum Gasteiger partial charge on any atom is -0.326 e. The molecule has 15 heavy (non-hydrogen) atoms. The molecule has 0 aliphatic heterocycles. The van der Waals surface area contributed by atoms with Crippen LogP contribution in [0.2, 0.25) is 0 Å². The Balaban J connectivity index is 2.76. The largest absolute Gasteiger partial charge is 0.326 e. The zero-order chi connectivity index (χ0) is 11.3. The van der Waals surface area contributed by atoms with Gasteiger partial charge >= 0.3 is 0 Å². The van der Waals surface area contributed by atoms with Crippen LogP contribution in [0.5, 0.6) is 0 Å². The van der Waals surface area contributed by atoms with Crippen LogP contribution < -0.4 is 5.32 Å². The van der Waals surface area contributed by atoms with Gasteiger partial charge in [-0.1, -0.05) is 39.0 Å². The van der Waals surface area contributed by atoms with Crippen molar-refractivity contribution >= 4 is 11.6 Å². The SMILES string of the molecule is CCc1ccccc1NC(=O)C(C)CC. The lowest BCUT2D eigenvalue weighted by molar-refractivity contribution is -0.119. The van der Waals surface area contributed by atoms with E-state index in [4.69, 9.17) is 0 Å². The van der Waals surface area contributed by atoms with Crippen LogP contribution in [0, 0.1) is 5.92 Å². The van der Waals surface area contributed by atoms with Crippen LogP contribution in [0.25, 0.3) is 0 Å². The monoisotopic (exact) mass is 205 g/mol. The van der Waals surface area contributed by atoms with E-state index in [-0.39, 0.29) is 11.8 Å². The van der Waals surface area contributed by atoms with E-state index >= 15 is 0 Å². The molecule has 2 nitrogen and oxygen atoms in total. The Morgan fingerprint density at radius 1 is 1.33 bits per heavy atom. The van der Waals surface area contributed by atoms with E-state index in [0.717, 1.165) is 18.5 Å². The molecule has 82 valence electrons. The van der Waals surface area contributed by atoms with Crippen molar-refractivity contribution in [3.63, 3.8) is 0 Å². The summed E-state index contributed by atoms with van der Waals surface area (Å²) in [5, 5.41) is 2.97. The molecular weight excluding hydrogens is 186 g/mol. The van der Waals surface area contributed by atoms with Crippen molar-refractivity contribution in [2.75, 3.05) is 5.32 Å². The van der Waals surface area contributed by atoms with E-state index in [1.807, 2.05) is 38.1 Å². The predicted molar refractivity (Wildman–Crippen MR) is 63.9 cm³/mol. The molecule has 1 aromatic carbocycles. The second-order valence-corrected chi connectivity index (χ2v) is 3.81. The highest BCUT2D eigenvalue weighted by molar-refractivity contribution is 5.92. The van der Waals surface area contributed by atoms with Gasteiger partial charge in [0.05, 0.1) is 0 Å². The molecule has 1 amide bonds. The summed E-state index contributed by atoms with van der Waals surface area (Å²) in [5.41, 5.74) is 2.14. The first-order valence-corrected chi connectivity index (χ1v) is 5.57. The third-order valence-electron chi connectivity index (χ3n) is 2.72. The van der Waals surface area contributed by atoms with E-state index in [0.29, 0.717) is 0 Å². The zero-order valence-corrected chi connectivity index (χ0v) is 9.71. The summed E-state index contributed by atoms with van der Waals surface area (Å²) in [4.78, 5) is 11.7. The van der Waals surface area contributed by atoms with Crippen molar-refractivity contribution in [2.24, 2.45) is 5.92 Å². The summed E-state index contributed by atoms with van der Waals surface area (Å²) in [6, 6.07) is 7.95. The fourth-order valence-electron chi connectivity index (χ4n) is 1.39. The van der Waals surface area contributed by atoms with Gasteiger partial charge in [0.15, 0.2) is 0 Å². The number of benzene rings is 1. The van der Waals surface area contributed by atoms with Gasteiger partial charge in [-0.2, -0.15) is 0 Å². The Labute approximate surface area is 91.7 Å². The van der Waals surface area contributed by atoms with Crippen LogP contribution in [0.3, 0.4) is 0 Å². The Bertz CT molecular complexity index is 333. The second kappa shape index (κ2) is 5.54. The molecule has 0 fully saturated rings. The van der Waals surface area contributed by atoms with Crippen LogP contribution in [-0.4, -0.2) is 5.91 Å². The Kier molecular flexibility index (Phi) is 4.35. The fraction of sp³-hybridized carbons (Fsp3) is 0.462. The van der Waals surface area contributed by atoms with E-state index in [9.17, 15) is 4.79 Å². The second-order valence-electron chi connectivity index (χ2n) is 3.81. The molecule has 1 atom stereocenters. The van der Waals surface area contributed by atoms with Crippen molar-refractivity contribution < 1.29 is 4.79 Å². The maximum atomic E-state index is 11.7. The van der Waals surface area contributed by atoms with Crippen LogP contribution in [0.15, 0.2) is 24.3 Å². The first-order valence-electron chi connectivity index (χ1n) is 5.57. The molecule has 1 aromatic rings. The Morgan fingerprint density at radius 2 is 2.00 bits per heavy atom. The molecule has 1 unspecified atom stereocenters. The predicted octanol–water partition coefficient (Wildman–Crippen LogP) is 3.23. The summed E-state index contributed by atoms with van der Waals surface area (Å²) < 4.78 is 0. The third kappa shape index (κ3) is 3.08. The normalized spacial score (nSPS) is 12.2. The molecule has 0 spiro atoms. The first kappa shape index (κ1) is 11.8. The molecule has 0 saturated heterocycles. The van der Waals surface area contributed by atoms with E-state index < -0.39 is 0 Å². The lowest BCUT2D eigenvalue weighted by Crippen LogP contribution is -2.20. The van der Waals surface area contributed by atoms with Gasteiger partial charge in [0.25, 0.3) is 0 Å². The van der Waals surface area contributed by atoms with Crippen molar-refractivity contribution in [1.82, 2.24) is 0 Å². The molecule has 0 aliphatic carbocycles. The topological polar surface area (TPSA) is 29.1 Å². The van der Waals surface area contributed by atoms with Gasteiger partial charge in [-0.15, -0.1) is 0 Å². The summed E-state index contributed by atoms with van der Waals surface area (Å²) in [5.74, 6) is 0.188. The molecule has 0 saturated carbocycles. The minimum atomic E-state index is 0.0786. The van der Waals surface area contributed by atoms with Crippen LogP contribution in [0.4, 0.5) is 5.69 Å². The molecule has 2 heteroatoms. The number of anilines is 1. The molecule has 0 heterocycles. The lowest BCUT2D eigenvalue weighted by Gasteiger charge is -2.12. The number of carbonyl (C=O) groups excluding carboxylic acids is 1. The molecule has 0 radical (unpaired) electrons. The van der Waals surface area contributed by atoms with Gasteiger partial charge < -0.3 is 5.32 Å². The number of para-hydroxylation sites is 1. The van der Waals surface area contributed by atoms with Crippen LogP contribution in [-0.2, 0) is 11.2 Å². The quantitative estimate of drug-likeness (QED) is 0.803. The van der Waals surface area contributed by atoms with Gasteiger partial charge in [0, 0.05) is 11.6 Å². The first-order chi connectivity index (χ1) is 7.19. The Morgan fingerprint density at radius 3 is 2.60 bits per heavy atom. The van der Waals surface area contributed by atoms with Gasteiger partial charge in [0.1, 0.15) is 0 Å². The average molecular weight is 205 g/mol. The number of rotatable bonds is 4. The highest BCUT2D eigenvalue weighted by Crippen LogP contribution is 2.16. The lowest BCUT2D eigenvalue weighted by atomic mass is 10.1. The molecule has 0 aliphatic rings. The van der Waals surface area contributed by atoms with Crippen molar-refractivity contribution in [3.05, 3.63) is 29.8 Å². The summed E-state index contributed by atoms with van der Waals surface area (Å²) in [7, 11) is 0. The number of aryl methyl sites for hydroxylation is 1. The zero-order valence-electron chi connectivity index (χ0n) is 9.71. The number of carbonyl (C=O) groups is 1. The number of hydrogen-bond donors (Lipinski definition) is 1. The number of hydrogen-bond acceptors (Lipinski definition) is 1. The smallest absolute Gasteiger partial charge is 0.227 e. The standard InChI is InChI=1S/C13H19NO/c1-4-10(3)13(15)14-12-9-7-6-8-11(12)5-2/h6-10H,4-5H2,1-3H3,(H,14,15). The van der Waals surface area contributed by atoms with Crippen LogP contribution >= 0.6 is 0 Å². The number of amides is 1. The van der Waals surface area contributed by atoms with Crippen molar-refractivity contribution in [2.45, 2.75) is 33.6 Å². The molecular formula is C13H19NO. The maximum Gasteiger partial charge on any atom is 0.227 e. The minimum absolute atomic E-state index is 0.0786. The summed E-state index contributed by atoms with van der Waals surface area (Å²) >= 11 is 0. The maximum absolute atomic E-state index is 11.7. The molecule has 0 aromatic heterocycles. The van der Waals surface area contributed by atoms with E-state index in [2.05, 4.69) is 12.2 Å². The fourth-order valence-corrected chi connectivity index (χ4v) is 1.39. The third-order valence-corrected chi connectivity index (χ3v) is 2.72. The molecule has 1 N–H and O–H groups in total. The van der Waals surface area contributed by atoms with Gasteiger partial charge in [-0.3, -0.25) is 4.79 Å². The van der Waals surface area contributed by atoms with Crippen molar-refractivity contribution in [1.29, 1.82) is 0 Å². The molecule has 0 bridgehead atoms. The molecule has 1 rings (SSSR count). The van der Waals surface area contributed by atoms with Gasteiger partial charge in [-0.25, -0.2) is 0 Å². The highest BCUT2D eigenvalue weighted by Gasteiger charge is 2.11. The average Bonchev–Trinajstić information content (AvgIpc) is 2.28. The van der Waals surface area contributed by atoms with Gasteiger partial charge in [0.2, 0.25) is 5.91 Å². The van der Waals surface area contributed by atoms with Gasteiger partial charge in [-0.05, 0) is 24.5 Å². The van der Waals surface area contributed by atoms with E-state index in [1.165, 1.54) is 5.56 Å². The van der Waals surface area contributed by atoms with Crippen LogP contribution in [0.1, 0.15) is 32.8 Å². The summed E-state index contributed by atoms with van der Waals surface area (Å²) in [6.45, 7) is 6.06.